The van der Waals surface area contributed by atoms with Crippen LogP contribution in [0.1, 0.15) is 30.5 Å². The molecule has 0 bridgehead atoms. The van der Waals surface area contributed by atoms with E-state index in [9.17, 15) is 14.4 Å². The Kier molecular flexibility index (Phi) is 6.10. The van der Waals surface area contributed by atoms with Gasteiger partial charge in [-0.1, -0.05) is 0 Å². The fraction of sp³-hybridized carbons (Fsp3) is 0.438. The second-order valence-corrected chi connectivity index (χ2v) is 5.11. The molecule has 0 unspecified atom stereocenters. The lowest BCUT2D eigenvalue weighted by atomic mass is 9.96. The van der Waals surface area contributed by atoms with E-state index in [0.717, 1.165) is 16.7 Å². The van der Waals surface area contributed by atoms with Crippen LogP contribution in [0.25, 0.3) is 0 Å². The van der Waals surface area contributed by atoms with Gasteiger partial charge in [0.15, 0.2) is 0 Å². The summed E-state index contributed by atoms with van der Waals surface area (Å²) in [7, 11) is 1.28. The Hall–Kier alpha value is -2.37. The Labute approximate surface area is 129 Å². The van der Waals surface area contributed by atoms with Gasteiger partial charge >= 0.3 is 11.9 Å². The molecule has 120 valence electrons. The van der Waals surface area contributed by atoms with Gasteiger partial charge < -0.3 is 14.8 Å². The molecule has 0 aliphatic rings. The Morgan fingerprint density at radius 3 is 2.09 bits per heavy atom. The highest BCUT2D eigenvalue weighted by molar-refractivity contribution is 5.83. The number of ether oxygens (including phenoxy) is 2. The number of rotatable bonds is 5. The maximum atomic E-state index is 11.8. The first-order chi connectivity index (χ1) is 10.2. The highest BCUT2D eigenvalue weighted by Crippen LogP contribution is 2.23. The number of nitrogens with one attached hydrogen (secondary N) is 1. The summed E-state index contributed by atoms with van der Waals surface area (Å²) in [6.07, 6.45) is 0.310. The number of amides is 1. The fourth-order valence-electron chi connectivity index (χ4n) is 2.29. The van der Waals surface area contributed by atoms with Crippen molar-refractivity contribution in [2.45, 2.75) is 40.2 Å². The topological polar surface area (TPSA) is 81.7 Å². The van der Waals surface area contributed by atoms with E-state index in [2.05, 4.69) is 5.32 Å². The molecule has 0 spiro atoms. The predicted octanol–water partition coefficient (Wildman–Crippen LogP) is 1.45. The van der Waals surface area contributed by atoms with Gasteiger partial charge in [0.2, 0.25) is 5.91 Å². The smallest absolute Gasteiger partial charge is 0.328 e. The highest BCUT2D eigenvalue weighted by Gasteiger charge is 2.22. The number of hydrogen-bond acceptors (Lipinski definition) is 5. The number of carbonyl (C=O) groups excluding carboxylic acids is 3. The van der Waals surface area contributed by atoms with Crippen LogP contribution in [0.2, 0.25) is 0 Å². The van der Waals surface area contributed by atoms with Crippen LogP contribution < -0.4 is 10.1 Å². The van der Waals surface area contributed by atoms with E-state index in [4.69, 9.17) is 9.47 Å². The standard InChI is InChI=1S/C16H21NO5/c1-9-6-13(22-12(4)19)7-10(2)14(9)8-15(16(20)21-5)17-11(3)18/h6-7,15H,8H2,1-5H3,(H,17,18)/t15-/m1/s1. The summed E-state index contributed by atoms with van der Waals surface area (Å²) in [6, 6.07) is 2.71. The minimum atomic E-state index is -0.750. The van der Waals surface area contributed by atoms with Gasteiger partial charge in [-0.15, -0.1) is 0 Å². The first kappa shape index (κ1) is 17.7. The number of methoxy groups -OCH3 is 1. The molecule has 0 saturated heterocycles. The molecule has 22 heavy (non-hydrogen) atoms. The van der Waals surface area contributed by atoms with Crippen LogP contribution in [-0.4, -0.2) is 31.0 Å². The molecule has 6 heteroatoms. The first-order valence-corrected chi connectivity index (χ1v) is 6.88. The van der Waals surface area contributed by atoms with Crippen molar-refractivity contribution in [1.82, 2.24) is 5.32 Å². The zero-order valence-electron chi connectivity index (χ0n) is 13.5. The molecule has 0 heterocycles. The van der Waals surface area contributed by atoms with Gasteiger partial charge in [-0.05, 0) is 42.7 Å². The molecule has 1 aromatic carbocycles. The van der Waals surface area contributed by atoms with Crippen molar-refractivity contribution in [3.8, 4) is 5.75 Å². The van der Waals surface area contributed by atoms with Gasteiger partial charge in [0.05, 0.1) is 7.11 Å². The lowest BCUT2D eigenvalue weighted by Gasteiger charge is -2.19. The SMILES string of the molecule is COC(=O)[C@@H](Cc1c(C)cc(OC(C)=O)cc1C)NC(C)=O. The molecule has 0 aliphatic heterocycles. The van der Waals surface area contributed by atoms with Crippen LogP contribution in [0.5, 0.6) is 5.75 Å². The molecule has 0 saturated carbocycles. The summed E-state index contributed by atoms with van der Waals surface area (Å²) in [6.45, 7) is 6.40. The average molecular weight is 307 g/mol. The van der Waals surface area contributed by atoms with Crippen molar-refractivity contribution in [3.63, 3.8) is 0 Å². The number of aryl methyl sites for hydroxylation is 2. The molecule has 6 nitrogen and oxygen atoms in total. The largest absolute Gasteiger partial charge is 0.467 e. The molecule has 1 amide bonds. The summed E-state index contributed by atoms with van der Waals surface area (Å²) in [5, 5.41) is 2.58. The van der Waals surface area contributed by atoms with Crippen molar-refractivity contribution < 1.29 is 23.9 Å². The third kappa shape index (κ3) is 4.87. The predicted molar refractivity (Wildman–Crippen MR) is 80.5 cm³/mol. The normalized spacial score (nSPS) is 11.5. The van der Waals surface area contributed by atoms with Gasteiger partial charge in [-0.25, -0.2) is 4.79 Å². The number of benzene rings is 1. The second kappa shape index (κ2) is 7.59. The zero-order chi connectivity index (χ0) is 16.9. The van der Waals surface area contributed by atoms with Gasteiger partial charge in [-0.2, -0.15) is 0 Å². The molecule has 1 N–H and O–H groups in total. The van der Waals surface area contributed by atoms with Gasteiger partial charge in [0.1, 0.15) is 11.8 Å². The highest BCUT2D eigenvalue weighted by atomic mass is 16.5. The number of carbonyl (C=O) groups is 3. The minimum Gasteiger partial charge on any atom is -0.467 e. The fourth-order valence-corrected chi connectivity index (χ4v) is 2.29. The Balaban J connectivity index is 3.06. The maximum Gasteiger partial charge on any atom is 0.328 e. The summed E-state index contributed by atoms with van der Waals surface area (Å²) >= 11 is 0. The summed E-state index contributed by atoms with van der Waals surface area (Å²) in [5.74, 6) is -0.738. The van der Waals surface area contributed by atoms with Crippen LogP contribution >= 0.6 is 0 Å². The lowest BCUT2D eigenvalue weighted by molar-refractivity contribution is -0.144. The van der Waals surface area contributed by atoms with Crippen molar-refractivity contribution >= 4 is 17.8 Å². The molecule has 0 aliphatic carbocycles. The number of hydrogen-bond donors (Lipinski definition) is 1. The van der Waals surface area contributed by atoms with Gasteiger partial charge in [0, 0.05) is 20.3 Å². The third-order valence-electron chi connectivity index (χ3n) is 3.20. The van der Waals surface area contributed by atoms with Gasteiger partial charge in [0.25, 0.3) is 0 Å². The zero-order valence-corrected chi connectivity index (χ0v) is 13.5. The quantitative estimate of drug-likeness (QED) is 0.657. The molecular weight excluding hydrogens is 286 g/mol. The van der Waals surface area contributed by atoms with Gasteiger partial charge in [-0.3, -0.25) is 9.59 Å². The second-order valence-electron chi connectivity index (χ2n) is 5.11. The van der Waals surface area contributed by atoms with E-state index in [-0.39, 0.29) is 5.91 Å². The monoisotopic (exact) mass is 307 g/mol. The van der Waals surface area contributed by atoms with E-state index in [0.29, 0.717) is 12.2 Å². The Bertz CT molecular complexity index is 571. The van der Waals surface area contributed by atoms with E-state index in [1.165, 1.54) is 21.0 Å². The van der Waals surface area contributed by atoms with Crippen molar-refractivity contribution in [3.05, 3.63) is 28.8 Å². The molecule has 0 aromatic heterocycles. The lowest BCUT2D eigenvalue weighted by Crippen LogP contribution is -2.42. The molecule has 0 radical (unpaired) electrons. The van der Waals surface area contributed by atoms with E-state index >= 15 is 0 Å². The molecule has 1 aromatic rings. The van der Waals surface area contributed by atoms with Crippen molar-refractivity contribution in [2.75, 3.05) is 7.11 Å². The van der Waals surface area contributed by atoms with E-state index in [1.54, 1.807) is 12.1 Å². The van der Waals surface area contributed by atoms with Crippen molar-refractivity contribution in [2.24, 2.45) is 0 Å². The molecule has 1 rings (SSSR count). The molecule has 1 atom stereocenters. The summed E-state index contributed by atoms with van der Waals surface area (Å²) in [4.78, 5) is 34.0. The van der Waals surface area contributed by atoms with Crippen molar-refractivity contribution in [1.29, 1.82) is 0 Å². The Morgan fingerprint density at radius 2 is 1.68 bits per heavy atom. The maximum absolute atomic E-state index is 11.8. The van der Waals surface area contributed by atoms with Crippen LogP contribution in [0.4, 0.5) is 0 Å². The van der Waals surface area contributed by atoms with Crippen LogP contribution in [0.3, 0.4) is 0 Å². The van der Waals surface area contributed by atoms with Crippen LogP contribution in [0.15, 0.2) is 12.1 Å². The molecular formula is C16H21NO5. The Morgan fingerprint density at radius 1 is 1.14 bits per heavy atom. The van der Waals surface area contributed by atoms with Crippen LogP contribution in [-0.2, 0) is 25.5 Å². The minimum absolute atomic E-state index is 0.303. The molecule has 0 fully saturated rings. The summed E-state index contributed by atoms with van der Waals surface area (Å²) < 4.78 is 9.79. The average Bonchev–Trinajstić information content (AvgIpc) is 2.39. The van der Waals surface area contributed by atoms with E-state index < -0.39 is 18.0 Å². The first-order valence-electron chi connectivity index (χ1n) is 6.88. The van der Waals surface area contributed by atoms with Crippen LogP contribution in [0, 0.1) is 13.8 Å². The number of esters is 2. The van der Waals surface area contributed by atoms with E-state index in [1.807, 2.05) is 13.8 Å². The summed E-state index contributed by atoms with van der Waals surface area (Å²) in [5.41, 5.74) is 2.64. The third-order valence-corrected chi connectivity index (χ3v) is 3.20.